The molecule has 9 nitrogen and oxygen atoms in total. The highest BCUT2D eigenvalue weighted by atomic mass is 19.1. The minimum absolute atomic E-state index is 0.264. The van der Waals surface area contributed by atoms with Gasteiger partial charge >= 0.3 is 6.03 Å². The summed E-state index contributed by atoms with van der Waals surface area (Å²) in [4.78, 5) is 34.9. The summed E-state index contributed by atoms with van der Waals surface area (Å²) in [6, 6.07) is 17.2. The molecule has 3 amide bonds. The minimum atomic E-state index is -0.874. The maximum Gasteiger partial charge on any atom is 0.318 e. The number of aromatic amines is 1. The Hall–Kier alpha value is -4.57. The van der Waals surface area contributed by atoms with Crippen LogP contribution >= 0.6 is 0 Å². The highest BCUT2D eigenvalue weighted by Crippen LogP contribution is 2.31. The number of hydrogen-bond donors (Lipinski definition) is 4. The summed E-state index contributed by atoms with van der Waals surface area (Å²) in [5.74, 6) is -0.383. The van der Waals surface area contributed by atoms with Crippen molar-refractivity contribution in [2.24, 2.45) is 0 Å². The number of piperazine rings is 1. The van der Waals surface area contributed by atoms with Crippen LogP contribution in [0.15, 0.2) is 66.9 Å². The second kappa shape index (κ2) is 13.8. The molecule has 1 fully saturated rings. The number of carbonyl (C=O) groups excluding carboxylic acids is 2. The molecule has 232 valence electrons. The number of aromatic nitrogens is 1. The molecule has 2 unspecified atom stereocenters. The summed E-state index contributed by atoms with van der Waals surface area (Å²) in [6.07, 6.45) is 1.91. The van der Waals surface area contributed by atoms with E-state index in [1.807, 2.05) is 76.5 Å². The number of aryl methyl sites for hydroxylation is 1. The van der Waals surface area contributed by atoms with E-state index in [4.69, 9.17) is 4.74 Å². The van der Waals surface area contributed by atoms with Gasteiger partial charge in [0.05, 0.1) is 12.3 Å². The highest BCUT2D eigenvalue weighted by Gasteiger charge is 2.33. The zero-order valence-corrected chi connectivity index (χ0v) is 25.7. The number of fused-ring (bicyclic) bond motifs is 1. The summed E-state index contributed by atoms with van der Waals surface area (Å²) in [5, 5.41) is 10.3. The third-order valence-electron chi connectivity index (χ3n) is 8.22. The number of H-pyrrole nitrogens is 1. The van der Waals surface area contributed by atoms with Crippen molar-refractivity contribution in [2.75, 3.05) is 50.1 Å². The summed E-state index contributed by atoms with van der Waals surface area (Å²) in [7, 11) is 1.86. The monoisotopic (exact) mass is 600 g/mol. The molecule has 2 heterocycles. The van der Waals surface area contributed by atoms with E-state index in [0.29, 0.717) is 50.8 Å². The molecule has 0 spiro atoms. The number of halogens is 1. The smallest absolute Gasteiger partial charge is 0.318 e. The fourth-order valence-corrected chi connectivity index (χ4v) is 5.90. The molecule has 10 heteroatoms. The van der Waals surface area contributed by atoms with E-state index in [1.165, 1.54) is 12.1 Å². The Morgan fingerprint density at radius 1 is 1.05 bits per heavy atom. The quantitative estimate of drug-likeness (QED) is 0.196. The number of nitrogens with one attached hydrogen (secondary N) is 4. The number of nitrogens with zero attached hydrogens (tertiary/aromatic N) is 2. The first-order valence-corrected chi connectivity index (χ1v) is 15.1. The predicted octanol–water partition coefficient (Wildman–Crippen LogP) is 5.38. The van der Waals surface area contributed by atoms with Gasteiger partial charge in [0.1, 0.15) is 17.6 Å². The predicted molar refractivity (Wildman–Crippen MR) is 173 cm³/mol. The van der Waals surface area contributed by atoms with Crippen LogP contribution in [0.4, 0.5) is 20.6 Å². The lowest BCUT2D eigenvalue weighted by molar-refractivity contribution is -0.118. The average molecular weight is 601 g/mol. The number of para-hydroxylation sites is 1. The summed E-state index contributed by atoms with van der Waals surface area (Å²) in [5.41, 5.74) is 5.26. The molecule has 3 aromatic carbocycles. The van der Waals surface area contributed by atoms with E-state index in [9.17, 15) is 14.0 Å². The van der Waals surface area contributed by atoms with Gasteiger partial charge in [0.2, 0.25) is 5.91 Å². The van der Waals surface area contributed by atoms with Crippen LogP contribution in [0, 0.1) is 12.7 Å². The molecule has 1 aliphatic rings. The van der Waals surface area contributed by atoms with Gasteiger partial charge in [-0.1, -0.05) is 31.2 Å². The van der Waals surface area contributed by atoms with Crippen LogP contribution < -0.4 is 25.6 Å². The molecule has 0 radical (unpaired) electrons. The second-order valence-corrected chi connectivity index (χ2v) is 11.2. The number of rotatable bonds is 10. The first-order chi connectivity index (χ1) is 21.3. The zero-order chi connectivity index (χ0) is 31.2. The Labute approximate surface area is 257 Å². The SMILES string of the molecule is CCOc1ccc(CNC)cc1NC(=O)C(NC(=O)N1CCN(c2ccc(F)cc2C)CC1)C(C)c1c[nH]c2ccccc12. The Morgan fingerprint density at radius 3 is 2.55 bits per heavy atom. The molecule has 4 aromatic rings. The van der Waals surface area contributed by atoms with Crippen LogP contribution in [0.1, 0.15) is 36.5 Å². The fraction of sp³-hybridized carbons (Fsp3) is 0.353. The molecular weight excluding hydrogens is 559 g/mol. The Morgan fingerprint density at radius 2 is 1.82 bits per heavy atom. The number of anilines is 2. The number of benzene rings is 3. The standard InChI is InChI=1S/C34H41FN6O3/c1-5-44-31-13-10-24(20-36-4)19-29(31)38-33(42)32(23(3)27-21-37-28-9-7-6-8-26(27)28)39-34(43)41-16-14-40(15-17-41)30-12-11-25(35)18-22(30)2/h6-13,18-19,21,23,32,36-37H,5,14-17,20H2,1-4H3,(H,38,42)(H,39,43). The van der Waals surface area contributed by atoms with Crippen LogP contribution in [-0.2, 0) is 11.3 Å². The van der Waals surface area contributed by atoms with E-state index in [2.05, 4.69) is 25.8 Å². The van der Waals surface area contributed by atoms with Gasteiger partial charge in [0.25, 0.3) is 0 Å². The molecule has 1 saturated heterocycles. The molecule has 5 rings (SSSR count). The van der Waals surface area contributed by atoms with Crippen LogP contribution in [0.5, 0.6) is 5.75 Å². The van der Waals surface area contributed by atoms with Gasteiger partial charge in [-0.05, 0) is 74.0 Å². The maximum atomic E-state index is 14.1. The van der Waals surface area contributed by atoms with E-state index in [-0.39, 0.29) is 23.7 Å². The van der Waals surface area contributed by atoms with Crippen molar-refractivity contribution in [1.82, 2.24) is 20.5 Å². The fourth-order valence-electron chi connectivity index (χ4n) is 5.90. The van der Waals surface area contributed by atoms with Gasteiger partial charge in [0, 0.05) is 61.4 Å². The minimum Gasteiger partial charge on any atom is -0.492 e. The zero-order valence-electron chi connectivity index (χ0n) is 25.7. The van der Waals surface area contributed by atoms with Crippen molar-refractivity contribution in [1.29, 1.82) is 0 Å². The van der Waals surface area contributed by atoms with E-state index >= 15 is 0 Å². The second-order valence-electron chi connectivity index (χ2n) is 11.2. The first-order valence-electron chi connectivity index (χ1n) is 15.1. The third kappa shape index (κ3) is 6.81. The van der Waals surface area contributed by atoms with Crippen molar-refractivity contribution in [2.45, 2.75) is 39.3 Å². The number of urea groups is 1. The lowest BCUT2D eigenvalue weighted by atomic mass is 9.92. The first kappa shape index (κ1) is 30.9. The number of ether oxygens (including phenoxy) is 1. The topological polar surface area (TPSA) is 102 Å². The molecular formula is C34H41FN6O3. The Bertz CT molecular complexity index is 1610. The molecule has 1 aliphatic heterocycles. The van der Waals surface area contributed by atoms with Gasteiger partial charge in [-0.15, -0.1) is 0 Å². The Balaban J connectivity index is 1.37. The summed E-state index contributed by atoms with van der Waals surface area (Å²) < 4.78 is 19.5. The molecule has 2 atom stereocenters. The average Bonchev–Trinajstić information content (AvgIpc) is 3.45. The van der Waals surface area contributed by atoms with E-state index in [0.717, 1.165) is 33.3 Å². The molecule has 44 heavy (non-hydrogen) atoms. The van der Waals surface area contributed by atoms with Gasteiger partial charge < -0.3 is 35.5 Å². The van der Waals surface area contributed by atoms with Crippen molar-refractivity contribution in [3.8, 4) is 5.75 Å². The molecule has 0 bridgehead atoms. The van der Waals surface area contributed by atoms with Crippen molar-refractivity contribution in [3.63, 3.8) is 0 Å². The lowest BCUT2D eigenvalue weighted by Gasteiger charge is -2.37. The largest absolute Gasteiger partial charge is 0.492 e. The third-order valence-corrected chi connectivity index (χ3v) is 8.22. The van der Waals surface area contributed by atoms with Crippen LogP contribution in [0.3, 0.4) is 0 Å². The number of carbonyl (C=O) groups is 2. The van der Waals surface area contributed by atoms with Gasteiger partial charge in [-0.2, -0.15) is 0 Å². The van der Waals surface area contributed by atoms with Crippen LogP contribution in [0.25, 0.3) is 10.9 Å². The summed E-state index contributed by atoms with van der Waals surface area (Å²) in [6.45, 7) is 8.96. The lowest BCUT2D eigenvalue weighted by Crippen LogP contribution is -2.56. The highest BCUT2D eigenvalue weighted by molar-refractivity contribution is 5.99. The van der Waals surface area contributed by atoms with Crippen LogP contribution in [-0.4, -0.2) is 67.7 Å². The normalized spacial score (nSPS) is 14.8. The number of amides is 3. The number of hydrogen-bond acceptors (Lipinski definition) is 5. The van der Waals surface area contributed by atoms with Gasteiger partial charge in [-0.3, -0.25) is 4.79 Å². The molecule has 0 aliphatic carbocycles. The van der Waals surface area contributed by atoms with Gasteiger partial charge in [0.15, 0.2) is 0 Å². The molecule has 1 aromatic heterocycles. The molecule has 4 N–H and O–H groups in total. The maximum absolute atomic E-state index is 14.1. The summed E-state index contributed by atoms with van der Waals surface area (Å²) >= 11 is 0. The van der Waals surface area contributed by atoms with Gasteiger partial charge in [-0.25, -0.2) is 9.18 Å². The molecule has 0 saturated carbocycles. The van der Waals surface area contributed by atoms with Crippen LogP contribution in [0.2, 0.25) is 0 Å². The van der Waals surface area contributed by atoms with Crippen molar-refractivity contribution in [3.05, 3.63) is 89.4 Å². The van der Waals surface area contributed by atoms with E-state index < -0.39 is 6.04 Å². The Kier molecular flexibility index (Phi) is 9.69. The van der Waals surface area contributed by atoms with Crippen molar-refractivity contribution >= 4 is 34.2 Å². The van der Waals surface area contributed by atoms with E-state index in [1.54, 1.807) is 11.0 Å². The van der Waals surface area contributed by atoms with Crippen molar-refractivity contribution < 1.29 is 18.7 Å².